The average Bonchev–Trinajstić information content (AvgIpc) is 3.66. The van der Waals surface area contributed by atoms with Crippen LogP contribution in [-0.2, 0) is 19.5 Å². The Bertz CT molecular complexity index is 2090. The van der Waals surface area contributed by atoms with E-state index in [2.05, 4.69) is 15.0 Å². The van der Waals surface area contributed by atoms with Crippen molar-refractivity contribution >= 4 is 39.6 Å². The molecular weight excluding hydrogens is 726 g/mol. The zero-order valence-electron chi connectivity index (χ0n) is 29.3. The number of piperazine rings is 1. The van der Waals surface area contributed by atoms with Crippen LogP contribution in [0.2, 0.25) is 0 Å². The van der Waals surface area contributed by atoms with Crippen LogP contribution < -0.4 is 33.7 Å². The van der Waals surface area contributed by atoms with Crippen LogP contribution in [-0.4, -0.2) is 101 Å². The van der Waals surface area contributed by atoms with Gasteiger partial charge in [0.05, 0.1) is 24.3 Å². The molecule has 0 unspecified atom stereocenters. The second-order valence-corrected chi connectivity index (χ2v) is 13.2. The number of carbonyl (C=O) groups is 3. The topological polar surface area (TPSA) is 193 Å². The molecule has 0 bridgehead atoms. The number of hydrogen-bond donors (Lipinski definition) is 2. The van der Waals surface area contributed by atoms with Crippen LogP contribution >= 0.6 is 0 Å². The van der Waals surface area contributed by atoms with Crippen molar-refractivity contribution in [1.82, 2.24) is 14.8 Å². The molecule has 0 saturated carbocycles. The summed E-state index contributed by atoms with van der Waals surface area (Å²) in [5.41, 5.74) is -0.113. The third kappa shape index (κ3) is 8.95. The smallest absolute Gasteiger partial charge is 0.412 e. The molecule has 1 fully saturated rings. The third-order valence-corrected chi connectivity index (χ3v) is 9.41. The average molecular weight is 764 g/mol. The third-order valence-electron chi connectivity index (χ3n) is 8.04. The highest BCUT2D eigenvalue weighted by Gasteiger charge is 2.29. The number of para-hydroxylation sites is 2. The molecule has 18 heteroatoms. The van der Waals surface area contributed by atoms with Crippen LogP contribution in [0.1, 0.15) is 17.3 Å². The van der Waals surface area contributed by atoms with Crippen molar-refractivity contribution in [3.05, 3.63) is 84.6 Å². The number of sulfonamides is 1. The van der Waals surface area contributed by atoms with Crippen LogP contribution in [0.3, 0.4) is 0 Å². The fourth-order valence-corrected chi connectivity index (χ4v) is 6.50. The Kier molecular flexibility index (Phi) is 11.7. The fraction of sp³-hybridized carbons (Fsp3) is 0.278. The molecule has 1 aromatic heterocycles. The number of fused-ring (bicyclic) bond motifs is 1. The van der Waals surface area contributed by atoms with Crippen molar-refractivity contribution in [2.45, 2.75) is 11.8 Å². The summed E-state index contributed by atoms with van der Waals surface area (Å²) < 4.78 is 69.3. The van der Waals surface area contributed by atoms with Gasteiger partial charge in [0, 0.05) is 44.0 Å². The number of amides is 3. The molecule has 0 radical (unpaired) electrons. The second-order valence-electron chi connectivity index (χ2n) is 11.5. The molecular formula is C36H37N5O12S. The van der Waals surface area contributed by atoms with Crippen LogP contribution in [0.25, 0.3) is 0 Å². The molecule has 2 aliphatic rings. The van der Waals surface area contributed by atoms with Gasteiger partial charge >= 0.3 is 12.2 Å². The Morgan fingerprint density at radius 3 is 2.31 bits per heavy atom. The van der Waals surface area contributed by atoms with Gasteiger partial charge in [-0.2, -0.15) is 0 Å². The first-order valence-electron chi connectivity index (χ1n) is 16.7. The lowest BCUT2D eigenvalue weighted by molar-refractivity contribution is 0.0570. The van der Waals surface area contributed by atoms with Gasteiger partial charge in [-0.05, 0) is 55.5 Å². The molecule has 6 rings (SSSR count). The van der Waals surface area contributed by atoms with E-state index in [1.54, 1.807) is 49.4 Å². The summed E-state index contributed by atoms with van der Waals surface area (Å²) >= 11 is 0. The molecule has 0 spiro atoms. The predicted octanol–water partition coefficient (Wildman–Crippen LogP) is 4.95. The SMILES string of the molecule is CCOC(=O)N1CCN(C(=O)c2cc(NS(=O)(=O)c3ccc4c(c3)OCO4)c(Oc3ccccc3OC)c(OCCOC(=O)Nc3ccccn3)c2)CC1. The van der Waals surface area contributed by atoms with Gasteiger partial charge in [-0.1, -0.05) is 18.2 Å². The highest BCUT2D eigenvalue weighted by atomic mass is 32.2. The molecule has 2 aliphatic heterocycles. The van der Waals surface area contributed by atoms with E-state index >= 15 is 0 Å². The standard InChI is InChI=1S/C36H37N5O12S/c1-3-48-36(44)41-16-14-40(15-17-41)34(42)24-20-26(39-54(45,46)25-11-12-28-30(22-25)52-23-51-28)33(53-29-9-5-4-8-27(29)47-2)31(21-24)49-18-19-50-35(43)38-32-10-6-7-13-37-32/h4-13,20-22,39H,3,14-19,23H2,1-2H3,(H,37,38,43). The number of aromatic nitrogens is 1. The maximum Gasteiger partial charge on any atom is 0.412 e. The maximum atomic E-state index is 14.0. The number of carbonyl (C=O) groups excluding carboxylic acids is 3. The minimum atomic E-state index is -4.36. The van der Waals surface area contributed by atoms with Crippen LogP contribution in [0.4, 0.5) is 21.1 Å². The molecule has 1 saturated heterocycles. The number of rotatable bonds is 13. The molecule has 2 N–H and O–H groups in total. The minimum Gasteiger partial charge on any atom is -0.493 e. The lowest BCUT2D eigenvalue weighted by Gasteiger charge is -2.34. The van der Waals surface area contributed by atoms with Gasteiger partial charge in [-0.3, -0.25) is 14.8 Å². The highest BCUT2D eigenvalue weighted by Crippen LogP contribution is 2.44. The molecule has 4 aromatic rings. The van der Waals surface area contributed by atoms with Crippen molar-refractivity contribution in [3.63, 3.8) is 0 Å². The molecule has 0 aliphatic carbocycles. The normalized spacial score (nSPS) is 13.4. The summed E-state index contributed by atoms with van der Waals surface area (Å²) in [7, 11) is -2.91. The zero-order valence-corrected chi connectivity index (χ0v) is 30.1. The molecule has 54 heavy (non-hydrogen) atoms. The van der Waals surface area contributed by atoms with Crippen LogP contribution in [0.15, 0.2) is 83.9 Å². The fourth-order valence-electron chi connectivity index (χ4n) is 5.43. The largest absolute Gasteiger partial charge is 0.493 e. The summed E-state index contributed by atoms with van der Waals surface area (Å²) in [6, 6.07) is 18.5. The predicted molar refractivity (Wildman–Crippen MR) is 192 cm³/mol. The Morgan fingerprint density at radius 2 is 1.57 bits per heavy atom. The van der Waals surface area contributed by atoms with E-state index in [4.69, 9.17) is 33.2 Å². The Hall–Kier alpha value is -6.43. The van der Waals surface area contributed by atoms with E-state index < -0.39 is 28.1 Å². The molecule has 284 valence electrons. The quantitative estimate of drug-likeness (QED) is 0.174. The van der Waals surface area contributed by atoms with Gasteiger partial charge in [-0.25, -0.2) is 23.0 Å². The van der Waals surface area contributed by atoms with Crippen LogP contribution in [0.5, 0.6) is 34.5 Å². The van der Waals surface area contributed by atoms with Crippen molar-refractivity contribution < 1.29 is 56.0 Å². The number of nitrogens with one attached hydrogen (secondary N) is 2. The van der Waals surface area contributed by atoms with E-state index in [1.807, 2.05) is 0 Å². The number of methoxy groups -OCH3 is 1. The van der Waals surface area contributed by atoms with Gasteiger partial charge in [0.15, 0.2) is 34.5 Å². The first kappa shape index (κ1) is 37.3. The summed E-state index contributed by atoms with van der Waals surface area (Å²) in [4.78, 5) is 45.6. The Labute approximate surface area is 310 Å². The molecule has 3 aromatic carbocycles. The summed E-state index contributed by atoms with van der Waals surface area (Å²) in [5.74, 6) is 0.781. The lowest BCUT2D eigenvalue weighted by atomic mass is 10.1. The monoisotopic (exact) mass is 763 g/mol. The Balaban J connectivity index is 1.33. The number of pyridine rings is 1. The summed E-state index contributed by atoms with van der Waals surface area (Å²) in [6.07, 6.45) is 0.245. The van der Waals surface area contributed by atoms with E-state index in [-0.39, 0.29) is 97.8 Å². The van der Waals surface area contributed by atoms with Gasteiger partial charge in [0.1, 0.15) is 19.0 Å². The van der Waals surface area contributed by atoms with Crippen molar-refractivity contribution in [1.29, 1.82) is 0 Å². The summed E-state index contributed by atoms with van der Waals surface area (Å²) in [6.45, 7) is 2.21. The van der Waals surface area contributed by atoms with Gasteiger partial charge in [0.25, 0.3) is 15.9 Å². The number of hydrogen-bond acceptors (Lipinski definition) is 13. The van der Waals surface area contributed by atoms with Crippen LogP contribution in [0, 0.1) is 0 Å². The highest BCUT2D eigenvalue weighted by molar-refractivity contribution is 7.92. The number of nitrogens with zero attached hydrogens (tertiary/aromatic N) is 3. The molecule has 17 nitrogen and oxygen atoms in total. The summed E-state index contributed by atoms with van der Waals surface area (Å²) in [5, 5.41) is 2.50. The molecule has 3 amide bonds. The molecule has 0 atom stereocenters. The van der Waals surface area contributed by atoms with Gasteiger partial charge < -0.3 is 43.0 Å². The second kappa shape index (κ2) is 16.9. The van der Waals surface area contributed by atoms with E-state index in [0.717, 1.165) is 0 Å². The number of anilines is 2. The Morgan fingerprint density at radius 1 is 0.833 bits per heavy atom. The van der Waals surface area contributed by atoms with Gasteiger partial charge in [0.2, 0.25) is 6.79 Å². The van der Waals surface area contributed by atoms with Crippen molar-refractivity contribution in [2.75, 3.05) is 69.9 Å². The number of ether oxygens (including phenoxy) is 7. The minimum absolute atomic E-state index is 0.0409. The maximum absolute atomic E-state index is 14.0. The van der Waals surface area contributed by atoms with E-state index in [0.29, 0.717) is 11.5 Å². The lowest BCUT2D eigenvalue weighted by Crippen LogP contribution is -2.50. The molecule has 3 heterocycles. The van der Waals surface area contributed by atoms with Gasteiger partial charge in [-0.15, -0.1) is 0 Å². The first-order chi connectivity index (χ1) is 26.1. The zero-order chi connectivity index (χ0) is 38.1. The first-order valence-corrected chi connectivity index (χ1v) is 18.2. The van der Waals surface area contributed by atoms with E-state index in [1.165, 1.54) is 53.4 Å². The van der Waals surface area contributed by atoms with E-state index in [9.17, 15) is 22.8 Å². The van der Waals surface area contributed by atoms with Crippen molar-refractivity contribution in [2.24, 2.45) is 0 Å². The number of benzene rings is 3. The van der Waals surface area contributed by atoms with Crippen molar-refractivity contribution in [3.8, 4) is 34.5 Å².